The molecule has 13 heavy (non-hydrogen) atoms. The molecule has 4 heteroatoms. The van der Waals surface area contributed by atoms with Gasteiger partial charge in [-0.2, -0.15) is 0 Å². The largest absolute Gasteiger partial charge is 0.496 e. The first-order chi connectivity index (χ1) is 6.24. The molecule has 0 bridgehead atoms. The van der Waals surface area contributed by atoms with E-state index in [1.54, 1.807) is 18.4 Å². The van der Waals surface area contributed by atoms with Gasteiger partial charge >= 0.3 is 0 Å². The lowest BCUT2D eigenvalue weighted by Crippen LogP contribution is -1.82. The van der Waals surface area contributed by atoms with Crippen molar-refractivity contribution in [1.29, 1.82) is 0 Å². The number of rotatable bonds is 1. The molecule has 0 N–H and O–H groups in total. The summed E-state index contributed by atoms with van der Waals surface area (Å²) in [4.78, 5) is 1.03. The Labute approximate surface area is 99.6 Å². The van der Waals surface area contributed by atoms with E-state index in [1.165, 1.54) is 7.58 Å². The minimum atomic E-state index is 0.904. The standard InChI is InChI=1S/C9H7IOS2/c1-11-5-3-2-4-6-7(5)8(12)9(10)13-6/h2-4,12H,1H3. The quantitative estimate of drug-likeness (QED) is 0.621. The normalized spacial score (nSPS) is 10.7. The van der Waals surface area contributed by atoms with E-state index in [1.807, 2.05) is 12.1 Å². The van der Waals surface area contributed by atoms with Crippen molar-refractivity contribution in [3.05, 3.63) is 21.1 Å². The number of thiol groups is 1. The summed E-state index contributed by atoms with van der Waals surface area (Å²) in [5, 5.41) is 1.13. The lowest BCUT2D eigenvalue weighted by atomic mass is 10.2. The van der Waals surface area contributed by atoms with E-state index in [0.29, 0.717) is 0 Å². The SMILES string of the molecule is COc1cccc2sc(I)c(S)c12. The zero-order chi connectivity index (χ0) is 9.42. The van der Waals surface area contributed by atoms with E-state index in [4.69, 9.17) is 4.74 Å². The predicted molar refractivity (Wildman–Crippen MR) is 68.3 cm³/mol. The fraction of sp³-hybridized carbons (Fsp3) is 0.111. The van der Waals surface area contributed by atoms with Crippen LogP contribution in [0.25, 0.3) is 10.1 Å². The maximum Gasteiger partial charge on any atom is 0.128 e. The lowest BCUT2D eigenvalue weighted by molar-refractivity contribution is 0.419. The van der Waals surface area contributed by atoms with Crippen molar-refractivity contribution in [3.63, 3.8) is 0 Å². The summed E-state index contributed by atoms with van der Waals surface area (Å²) in [7, 11) is 1.69. The Morgan fingerprint density at radius 2 is 2.23 bits per heavy atom. The number of fused-ring (bicyclic) bond motifs is 1. The Bertz CT molecular complexity index is 450. The molecule has 2 rings (SSSR count). The van der Waals surface area contributed by atoms with E-state index in [9.17, 15) is 0 Å². The minimum Gasteiger partial charge on any atom is -0.496 e. The van der Waals surface area contributed by atoms with Crippen LogP contribution in [0.4, 0.5) is 0 Å². The van der Waals surface area contributed by atoms with Gasteiger partial charge in [-0.25, -0.2) is 0 Å². The summed E-state index contributed by atoms with van der Waals surface area (Å²) in [6, 6.07) is 6.05. The molecule has 0 spiro atoms. The Morgan fingerprint density at radius 1 is 1.46 bits per heavy atom. The number of thiophene rings is 1. The first-order valence-electron chi connectivity index (χ1n) is 3.68. The molecule has 0 aliphatic rings. The van der Waals surface area contributed by atoms with Gasteiger partial charge in [0.15, 0.2) is 0 Å². The van der Waals surface area contributed by atoms with E-state index in [-0.39, 0.29) is 0 Å². The molecule has 1 aromatic carbocycles. The molecular weight excluding hydrogens is 315 g/mol. The number of benzene rings is 1. The van der Waals surface area contributed by atoms with Gasteiger partial charge in [-0.1, -0.05) is 6.07 Å². The highest BCUT2D eigenvalue weighted by Crippen LogP contribution is 2.39. The fourth-order valence-electron chi connectivity index (χ4n) is 1.24. The first kappa shape index (κ1) is 9.61. The summed E-state index contributed by atoms with van der Waals surface area (Å²) >= 11 is 8.50. The van der Waals surface area contributed by atoms with Crippen LogP contribution in [-0.4, -0.2) is 7.11 Å². The van der Waals surface area contributed by atoms with Gasteiger partial charge in [-0.3, -0.25) is 0 Å². The molecule has 1 heterocycles. The maximum atomic E-state index is 5.28. The van der Waals surface area contributed by atoms with Gasteiger partial charge in [0.2, 0.25) is 0 Å². The van der Waals surface area contributed by atoms with E-state index >= 15 is 0 Å². The minimum absolute atomic E-state index is 0.904. The lowest BCUT2D eigenvalue weighted by Gasteiger charge is -2.01. The summed E-state index contributed by atoms with van der Waals surface area (Å²) in [6.07, 6.45) is 0. The van der Waals surface area contributed by atoms with E-state index < -0.39 is 0 Å². The second kappa shape index (κ2) is 3.67. The van der Waals surface area contributed by atoms with Crippen molar-refractivity contribution >= 4 is 56.6 Å². The number of hydrogen-bond acceptors (Lipinski definition) is 3. The number of halogens is 1. The Morgan fingerprint density at radius 3 is 2.92 bits per heavy atom. The van der Waals surface area contributed by atoms with Gasteiger partial charge in [0, 0.05) is 15.0 Å². The number of ether oxygens (including phenoxy) is 1. The van der Waals surface area contributed by atoms with Gasteiger partial charge in [0.05, 0.1) is 9.99 Å². The molecule has 1 nitrogen and oxygen atoms in total. The van der Waals surface area contributed by atoms with Crippen molar-refractivity contribution in [1.82, 2.24) is 0 Å². The van der Waals surface area contributed by atoms with Crippen LogP contribution in [0, 0.1) is 2.88 Å². The monoisotopic (exact) mass is 322 g/mol. The molecule has 2 aromatic rings. The van der Waals surface area contributed by atoms with Crippen LogP contribution in [0.5, 0.6) is 5.75 Å². The van der Waals surface area contributed by atoms with Crippen LogP contribution in [0.2, 0.25) is 0 Å². The Balaban J connectivity index is 2.87. The molecular formula is C9H7IOS2. The van der Waals surface area contributed by atoms with E-state index in [2.05, 4.69) is 41.3 Å². The van der Waals surface area contributed by atoms with Crippen molar-refractivity contribution < 1.29 is 4.74 Å². The smallest absolute Gasteiger partial charge is 0.128 e. The molecule has 0 aliphatic heterocycles. The van der Waals surface area contributed by atoms with Gasteiger partial charge in [0.1, 0.15) is 5.75 Å². The fourth-order valence-corrected chi connectivity index (χ4v) is 3.51. The molecule has 0 fully saturated rings. The zero-order valence-corrected chi connectivity index (χ0v) is 10.7. The highest BCUT2D eigenvalue weighted by Gasteiger charge is 2.10. The third-order valence-electron chi connectivity index (χ3n) is 1.83. The van der Waals surface area contributed by atoms with Crippen LogP contribution in [0.3, 0.4) is 0 Å². The molecule has 0 radical (unpaired) electrons. The predicted octanol–water partition coefficient (Wildman–Crippen LogP) is 3.80. The van der Waals surface area contributed by atoms with Crippen molar-refractivity contribution in [2.45, 2.75) is 4.90 Å². The van der Waals surface area contributed by atoms with Crippen LogP contribution in [-0.2, 0) is 0 Å². The third-order valence-corrected chi connectivity index (χ3v) is 5.00. The molecule has 0 atom stereocenters. The second-order valence-electron chi connectivity index (χ2n) is 2.56. The van der Waals surface area contributed by atoms with Crippen LogP contribution < -0.4 is 4.74 Å². The molecule has 1 aromatic heterocycles. The van der Waals surface area contributed by atoms with Crippen molar-refractivity contribution in [2.75, 3.05) is 7.11 Å². The summed E-state index contributed by atoms with van der Waals surface area (Å²) in [5.41, 5.74) is 0. The first-order valence-corrected chi connectivity index (χ1v) is 6.02. The third kappa shape index (κ3) is 1.55. The van der Waals surface area contributed by atoms with Crippen LogP contribution in [0.1, 0.15) is 0 Å². The maximum absolute atomic E-state index is 5.28. The molecule has 0 amide bonds. The zero-order valence-electron chi connectivity index (χ0n) is 6.87. The second-order valence-corrected chi connectivity index (χ2v) is 5.87. The van der Waals surface area contributed by atoms with Gasteiger partial charge in [0.25, 0.3) is 0 Å². The molecule has 0 saturated heterocycles. The van der Waals surface area contributed by atoms with E-state index in [0.717, 1.165) is 16.0 Å². The number of hydrogen-bond donors (Lipinski definition) is 1. The van der Waals surface area contributed by atoms with Gasteiger partial charge in [-0.05, 0) is 34.7 Å². The topological polar surface area (TPSA) is 9.23 Å². The molecule has 0 aliphatic carbocycles. The molecule has 0 saturated carbocycles. The average molecular weight is 322 g/mol. The molecule has 68 valence electrons. The number of methoxy groups -OCH3 is 1. The van der Waals surface area contributed by atoms with Gasteiger partial charge in [-0.15, -0.1) is 24.0 Å². The van der Waals surface area contributed by atoms with Crippen molar-refractivity contribution in [2.24, 2.45) is 0 Å². The highest BCUT2D eigenvalue weighted by molar-refractivity contribution is 14.1. The highest BCUT2D eigenvalue weighted by atomic mass is 127. The van der Waals surface area contributed by atoms with Gasteiger partial charge < -0.3 is 4.74 Å². The Kier molecular flexibility index (Phi) is 2.71. The summed E-state index contributed by atoms with van der Waals surface area (Å²) in [6.45, 7) is 0. The summed E-state index contributed by atoms with van der Waals surface area (Å²) < 4.78 is 7.72. The van der Waals surface area contributed by atoms with Crippen molar-refractivity contribution in [3.8, 4) is 5.75 Å². The average Bonchev–Trinajstić information content (AvgIpc) is 2.43. The van der Waals surface area contributed by atoms with Crippen LogP contribution in [0.15, 0.2) is 23.1 Å². The van der Waals surface area contributed by atoms with Crippen LogP contribution >= 0.6 is 46.6 Å². The Hall–Kier alpha value is 0.0600. The molecule has 0 unspecified atom stereocenters. The summed E-state index contributed by atoms with van der Waals surface area (Å²) in [5.74, 6) is 0.904.